The molecule has 0 amide bonds. The van der Waals surface area contributed by atoms with Gasteiger partial charge < -0.3 is 9.47 Å². The van der Waals surface area contributed by atoms with Gasteiger partial charge in [-0.15, -0.1) is 22.7 Å². The summed E-state index contributed by atoms with van der Waals surface area (Å²) in [4.78, 5) is 12.9. The smallest absolute Gasteiger partial charge is 0.0788 e. The summed E-state index contributed by atoms with van der Waals surface area (Å²) in [6, 6.07) is 135. The van der Waals surface area contributed by atoms with Crippen LogP contribution in [0.15, 0.2) is 375 Å². The Morgan fingerprint density at radius 3 is 1.30 bits per heavy atom. The molecule has 0 aliphatic heterocycles. The molecule has 108 heavy (non-hydrogen) atoms. The molecule has 0 spiro atoms. The Labute approximate surface area is 665 Å². The number of aromatic nitrogens is 3. The van der Waals surface area contributed by atoms with Gasteiger partial charge in [0.05, 0.1) is 38.9 Å². The second kappa shape index (κ2) is 27.3. The van der Waals surface area contributed by atoms with Gasteiger partial charge in [-0.2, -0.15) is 0 Å². The van der Waals surface area contributed by atoms with Crippen molar-refractivity contribution in [2.45, 2.75) is 12.8 Å². The number of halogens is 1. The minimum atomic E-state index is -0.495. The quantitative estimate of drug-likeness (QED) is 0.135. The van der Waals surface area contributed by atoms with Crippen LogP contribution in [0.5, 0.6) is 0 Å². The van der Waals surface area contributed by atoms with Crippen LogP contribution in [0.2, 0.25) is 0 Å². The summed E-state index contributed by atoms with van der Waals surface area (Å²) in [5, 5.41) is 15.1. The Morgan fingerprint density at radius 1 is 0.306 bits per heavy atom. The number of thiophene rings is 2. The number of fused-ring (bicyclic) bond motifs is 20. The molecule has 16 aromatic carbocycles. The standard InChI is InChI=1S/C74H47N3S.C25H14BrNS.CH4.U/c1-4-18-51(19-5-1)74(52-20-6-2-7-21-52)65-28-14-10-24-57(65)64-47-56(41-45-66(64)74)76(54-37-32-48(33-38-54)50-36-42-59-58-25-12-16-30-68(58)77(69(59)46-50)53-22-8-3-9-23-53)55-39-34-49(35-40-55)72-63-44-43-61-60-26-13-17-31-70(60)78-73(61)71(63)62-27-11-15-29-67(62)75-72;26-16-11-9-15(10-12-16)24-20-14-13-18-17-5-2-4-8-22(17)28-25(18)23(20)19-6-1-3-7-21(19)27-24;;/h1-47H;1-14H;1H4;. The Bertz CT molecular complexity index is 7040. The van der Waals surface area contributed by atoms with Gasteiger partial charge in [-0.05, 0) is 142 Å². The maximum absolute atomic E-state index is 5.43. The first-order valence-electron chi connectivity index (χ1n) is 35.9. The van der Waals surface area contributed by atoms with Gasteiger partial charge in [-0.25, -0.2) is 9.97 Å². The van der Waals surface area contributed by atoms with Crippen LogP contribution in [-0.2, 0) is 5.41 Å². The molecule has 22 rings (SSSR count). The van der Waals surface area contributed by atoms with Crippen molar-refractivity contribution in [3.8, 4) is 50.5 Å². The van der Waals surface area contributed by atoms with Gasteiger partial charge in [-0.3, -0.25) is 0 Å². The minimum absolute atomic E-state index is 0. The Hall–Kier alpha value is -11.6. The van der Waals surface area contributed by atoms with Crippen molar-refractivity contribution in [2.75, 3.05) is 4.90 Å². The summed E-state index contributed by atoms with van der Waals surface area (Å²) in [5.74, 6) is 0. The summed E-state index contributed by atoms with van der Waals surface area (Å²) in [6.45, 7) is 0. The third kappa shape index (κ3) is 10.8. The Morgan fingerprint density at radius 2 is 0.722 bits per heavy atom. The molecule has 0 radical (unpaired) electrons. The van der Waals surface area contributed by atoms with E-state index in [1.807, 2.05) is 22.7 Å². The SMILES string of the molecule is Brc1ccc(-c2nc3ccccc3c3c2ccc2c4ccccc4sc23)cc1.C.[U].c1ccc(-n2c3ccccc3c3ccc(-c4ccc(N(c5ccc(-c6nc7ccccc7c7c6ccc6c8ccccc8sc67)cc5)c5ccc6c(c5)-c5ccccc5C6(c5ccccc5)c5ccccc5)cc4)cc32)cc1. The van der Waals surface area contributed by atoms with E-state index in [1.54, 1.807) is 0 Å². The fourth-order valence-corrected chi connectivity index (χ4v) is 19.9. The molecule has 0 atom stereocenters. The summed E-state index contributed by atoms with van der Waals surface area (Å²) < 4.78 is 8.75. The van der Waals surface area contributed by atoms with Crippen molar-refractivity contribution in [3.05, 3.63) is 397 Å². The fourth-order valence-electron chi connectivity index (χ4n) is 17.1. The molecule has 0 N–H and O–H groups in total. The molecule has 508 valence electrons. The second-order valence-corrected chi connectivity index (χ2v) is 30.5. The first kappa shape index (κ1) is 67.1. The van der Waals surface area contributed by atoms with E-state index in [0.717, 1.165) is 71.7 Å². The van der Waals surface area contributed by atoms with E-state index < -0.39 is 5.41 Å². The van der Waals surface area contributed by atoms with Crippen LogP contribution < -0.4 is 4.90 Å². The average molecular weight is 1700 g/mol. The predicted octanol–water partition coefficient (Wildman–Crippen LogP) is 28.8. The minimum Gasteiger partial charge on any atom is -0.310 e. The third-order valence-corrected chi connectivity index (χ3v) is 24.7. The predicted molar refractivity (Wildman–Crippen MR) is 461 cm³/mol. The largest absolute Gasteiger partial charge is 0.310 e. The van der Waals surface area contributed by atoms with Crippen LogP contribution in [-0.4, -0.2) is 14.5 Å². The summed E-state index contributed by atoms with van der Waals surface area (Å²) in [7, 11) is 0. The van der Waals surface area contributed by atoms with E-state index >= 15 is 0 Å². The molecule has 1 aliphatic rings. The average Bonchev–Trinajstić information content (AvgIpc) is 1.53. The molecule has 0 fully saturated rings. The second-order valence-electron chi connectivity index (χ2n) is 27.5. The molecular weight excluding hydrogens is 1640 g/mol. The topological polar surface area (TPSA) is 34.0 Å². The molecule has 0 saturated heterocycles. The van der Waals surface area contributed by atoms with E-state index in [1.165, 1.54) is 128 Å². The van der Waals surface area contributed by atoms with E-state index in [4.69, 9.17) is 9.97 Å². The molecule has 5 heterocycles. The number of hydrogen-bond acceptors (Lipinski definition) is 5. The number of benzene rings is 16. The van der Waals surface area contributed by atoms with E-state index in [2.05, 4.69) is 395 Å². The number of anilines is 3. The van der Waals surface area contributed by atoms with E-state index in [-0.39, 0.29) is 38.5 Å². The van der Waals surface area contributed by atoms with Crippen LogP contribution in [0.1, 0.15) is 29.7 Å². The van der Waals surface area contributed by atoms with Gasteiger partial charge >= 0.3 is 0 Å². The first-order valence-corrected chi connectivity index (χ1v) is 38.4. The van der Waals surface area contributed by atoms with Gasteiger partial charge in [0, 0.05) is 153 Å². The normalized spacial score (nSPS) is 12.2. The van der Waals surface area contributed by atoms with Crippen LogP contribution in [0.4, 0.5) is 17.1 Å². The van der Waals surface area contributed by atoms with Crippen LogP contribution in [0.25, 0.3) is 156 Å². The van der Waals surface area contributed by atoms with Gasteiger partial charge in [-0.1, -0.05) is 296 Å². The van der Waals surface area contributed by atoms with Crippen molar-refractivity contribution in [2.24, 2.45) is 0 Å². The molecule has 0 saturated carbocycles. The maximum atomic E-state index is 5.43. The monoisotopic (exact) mass is 1700 g/mol. The Kier molecular flexibility index (Phi) is 17.0. The number of rotatable bonds is 9. The van der Waals surface area contributed by atoms with Crippen molar-refractivity contribution < 1.29 is 31.1 Å². The molecule has 0 unspecified atom stereocenters. The summed E-state index contributed by atoms with van der Waals surface area (Å²) >= 11 is 7.30. The zero-order valence-electron chi connectivity index (χ0n) is 57.7. The van der Waals surface area contributed by atoms with Gasteiger partial charge in [0.25, 0.3) is 0 Å². The van der Waals surface area contributed by atoms with Gasteiger partial charge in [0.2, 0.25) is 0 Å². The van der Waals surface area contributed by atoms with E-state index in [9.17, 15) is 0 Å². The van der Waals surface area contributed by atoms with Crippen LogP contribution in [0, 0.1) is 31.1 Å². The van der Waals surface area contributed by atoms with Crippen LogP contribution >= 0.6 is 38.6 Å². The maximum Gasteiger partial charge on any atom is 0.0788 e. The van der Waals surface area contributed by atoms with Crippen molar-refractivity contribution in [1.82, 2.24) is 14.5 Å². The summed E-state index contributed by atoms with van der Waals surface area (Å²) in [6.07, 6.45) is 0. The number of pyridine rings is 2. The molecule has 0 bridgehead atoms. The van der Waals surface area contributed by atoms with Crippen molar-refractivity contribution >= 4 is 161 Å². The zero-order valence-corrected chi connectivity index (χ0v) is 65.1. The number of hydrogen-bond donors (Lipinski definition) is 0. The third-order valence-electron chi connectivity index (χ3n) is 21.8. The van der Waals surface area contributed by atoms with Crippen LogP contribution in [0.3, 0.4) is 0 Å². The van der Waals surface area contributed by atoms with Gasteiger partial charge in [0.1, 0.15) is 0 Å². The number of para-hydroxylation sites is 4. The fraction of sp³-hybridized carbons (Fsp3) is 0.0200. The van der Waals surface area contributed by atoms with Crippen molar-refractivity contribution in [3.63, 3.8) is 0 Å². The molecule has 5 aromatic heterocycles. The molecular formula is C100H65BrN4S2U. The Balaban J connectivity index is 0.000000221. The first-order chi connectivity index (χ1) is 52.5. The summed E-state index contributed by atoms with van der Waals surface area (Å²) in [5.41, 5.74) is 22.4. The molecule has 4 nitrogen and oxygen atoms in total. The molecule has 1 aliphatic carbocycles. The number of nitrogens with zero attached hydrogens (tertiary/aromatic N) is 4. The van der Waals surface area contributed by atoms with E-state index in [0.29, 0.717) is 0 Å². The van der Waals surface area contributed by atoms with Crippen molar-refractivity contribution in [1.29, 1.82) is 0 Å². The molecule has 8 heteroatoms. The zero-order chi connectivity index (χ0) is 70.0. The van der Waals surface area contributed by atoms with Gasteiger partial charge in [0.15, 0.2) is 0 Å². The molecule has 21 aromatic rings.